The highest BCUT2D eigenvalue weighted by molar-refractivity contribution is 5.69. The molecule has 4 N–H and O–H groups in total. The average Bonchev–Trinajstić information content (AvgIpc) is 2.26. The van der Waals surface area contributed by atoms with Crippen molar-refractivity contribution in [1.29, 1.82) is 0 Å². The number of ether oxygens (including phenoxy) is 1. The van der Waals surface area contributed by atoms with Gasteiger partial charge in [0.25, 0.3) is 0 Å². The van der Waals surface area contributed by atoms with Gasteiger partial charge in [-0.05, 0) is 45.4 Å². The van der Waals surface area contributed by atoms with Crippen LogP contribution < -0.4 is 11.1 Å². The van der Waals surface area contributed by atoms with Crippen LogP contribution in [0.5, 0.6) is 5.75 Å². The summed E-state index contributed by atoms with van der Waals surface area (Å²) in [6, 6.07) is 6.64. The quantitative estimate of drug-likeness (QED) is 0.782. The number of carbonyl (C=O) groups excluding carboxylic acids is 1. The van der Waals surface area contributed by atoms with Crippen LogP contribution in [0.15, 0.2) is 24.3 Å². The second-order valence-electron chi connectivity index (χ2n) is 5.71. The van der Waals surface area contributed by atoms with Gasteiger partial charge in [-0.15, -0.1) is 0 Å². The summed E-state index contributed by atoms with van der Waals surface area (Å²) in [6.45, 7) is 7.35. The van der Waals surface area contributed by atoms with Crippen LogP contribution in [-0.2, 0) is 10.3 Å². The Morgan fingerprint density at radius 3 is 2.47 bits per heavy atom. The van der Waals surface area contributed by atoms with Gasteiger partial charge in [0, 0.05) is 6.54 Å². The van der Waals surface area contributed by atoms with Crippen molar-refractivity contribution in [1.82, 2.24) is 5.32 Å². The minimum absolute atomic E-state index is 0.128. The molecule has 5 heteroatoms. The fraction of sp³-hybridized carbons (Fsp3) is 0.500. The van der Waals surface area contributed by atoms with Crippen molar-refractivity contribution in [2.24, 2.45) is 5.73 Å². The monoisotopic (exact) mass is 266 g/mol. The van der Waals surface area contributed by atoms with Crippen LogP contribution in [0.4, 0.5) is 4.79 Å². The Balaban J connectivity index is 2.90. The van der Waals surface area contributed by atoms with Gasteiger partial charge in [-0.1, -0.05) is 12.1 Å². The predicted molar refractivity (Wildman–Crippen MR) is 73.9 cm³/mol. The number of nitrogens with two attached hydrogens (primary N) is 1. The van der Waals surface area contributed by atoms with Crippen LogP contribution in [0, 0.1) is 0 Å². The molecule has 1 rings (SSSR count). The molecule has 0 saturated heterocycles. The third-order valence-electron chi connectivity index (χ3n) is 2.67. The summed E-state index contributed by atoms with van der Waals surface area (Å²) >= 11 is 0. The molecule has 0 bridgehead atoms. The molecule has 0 aliphatic heterocycles. The van der Waals surface area contributed by atoms with Crippen molar-refractivity contribution < 1.29 is 14.6 Å². The van der Waals surface area contributed by atoms with Crippen molar-refractivity contribution >= 4 is 6.09 Å². The van der Waals surface area contributed by atoms with Crippen molar-refractivity contribution in [2.45, 2.75) is 38.8 Å². The van der Waals surface area contributed by atoms with E-state index in [0.29, 0.717) is 0 Å². The van der Waals surface area contributed by atoms with E-state index in [-0.39, 0.29) is 12.3 Å². The third-order valence-corrected chi connectivity index (χ3v) is 2.67. The van der Waals surface area contributed by atoms with Crippen molar-refractivity contribution in [3.05, 3.63) is 29.8 Å². The summed E-state index contributed by atoms with van der Waals surface area (Å²) in [7, 11) is 0. The van der Waals surface area contributed by atoms with E-state index in [1.807, 2.05) is 0 Å². The molecule has 0 fully saturated rings. The predicted octanol–water partition coefficient (Wildman–Crippen LogP) is 2.09. The maximum atomic E-state index is 11.8. The first-order valence-corrected chi connectivity index (χ1v) is 6.17. The summed E-state index contributed by atoms with van der Waals surface area (Å²) in [6.07, 6.45) is -0.538. The molecule has 1 amide bonds. The lowest BCUT2D eigenvalue weighted by Gasteiger charge is -2.31. The van der Waals surface area contributed by atoms with Crippen molar-refractivity contribution in [2.75, 3.05) is 6.54 Å². The van der Waals surface area contributed by atoms with Crippen LogP contribution >= 0.6 is 0 Å². The lowest BCUT2D eigenvalue weighted by atomic mass is 9.92. The van der Waals surface area contributed by atoms with Crippen LogP contribution in [0.2, 0.25) is 0 Å². The van der Waals surface area contributed by atoms with Gasteiger partial charge >= 0.3 is 6.09 Å². The van der Waals surface area contributed by atoms with Gasteiger partial charge in [-0.3, -0.25) is 0 Å². The topological polar surface area (TPSA) is 84.6 Å². The number of phenolic OH excluding ortho intramolecular Hbond substituents is 1. The third kappa shape index (κ3) is 4.44. The van der Waals surface area contributed by atoms with Crippen LogP contribution in [0.1, 0.15) is 33.3 Å². The molecule has 0 aliphatic rings. The molecule has 0 aliphatic carbocycles. The van der Waals surface area contributed by atoms with E-state index >= 15 is 0 Å². The smallest absolute Gasteiger partial charge is 0.408 e. The Hall–Kier alpha value is -1.75. The van der Waals surface area contributed by atoms with E-state index in [2.05, 4.69) is 5.32 Å². The second-order valence-corrected chi connectivity index (χ2v) is 5.71. The second kappa shape index (κ2) is 5.48. The first-order valence-electron chi connectivity index (χ1n) is 6.17. The van der Waals surface area contributed by atoms with Gasteiger partial charge < -0.3 is 20.9 Å². The number of rotatable bonds is 3. The highest BCUT2D eigenvalue weighted by Gasteiger charge is 2.29. The Morgan fingerprint density at radius 1 is 1.37 bits per heavy atom. The number of nitrogens with one attached hydrogen (secondary N) is 1. The number of hydrogen-bond donors (Lipinski definition) is 3. The first-order chi connectivity index (χ1) is 8.66. The summed E-state index contributed by atoms with van der Waals surface area (Å²) in [5.41, 5.74) is 5.11. The average molecular weight is 266 g/mol. The molecule has 0 spiro atoms. The van der Waals surface area contributed by atoms with Gasteiger partial charge in [0.15, 0.2) is 0 Å². The van der Waals surface area contributed by atoms with Gasteiger partial charge in [-0.2, -0.15) is 0 Å². The maximum Gasteiger partial charge on any atom is 0.408 e. The van der Waals surface area contributed by atoms with Gasteiger partial charge in [0.05, 0.1) is 5.54 Å². The highest BCUT2D eigenvalue weighted by Crippen LogP contribution is 2.23. The van der Waals surface area contributed by atoms with E-state index in [1.54, 1.807) is 52.0 Å². The van der Waals surface area contributed by atoms with Crippen LogP contribution in [0.3, 0.4) is 0 Å². The van der Waals surface area contributed by atoms with Crippen molar-refractivity contribution in [3.63, 3.8) is 0 Å². The SMILES string of the molecule is CC(C)(C)OC(=O)NC(C)(CN)c1cccc(O)c1. The van der Waals surface area contributed by atoms with Crippen LogP contribution in [-0.4, -0.2) is 23.3 Å². The fourth-order valence-corrected chi connectivity index (χ4v) is 1.62. The maximum absolute atomic E-state index is 11.8. The Morgan fingerprint density at radius 2 is 2.00 bits per heavy atom. The molecule has 106 valence electrons. The Kier molecular flexibility index (Phi) is 4.42. The first kappa shape index (κ1) is 15.3. The molecule has 0 heterocycles. The van der Waals surface area contributed by atoms with E-state index in [1.165, 1.54) is 0 Å². The van der Waals surface area contributed by atoms with Gasteiger partial charge in [0.2, 0.25) is 0 Å². The number of aromatic hydroxyl groups is 1. The zero-order valence-electron chi connectivity index (χ0n) is 11.9. The molecule has 1 atom stereocenters. The van der Waals surface area contributed by atoms with Crippen molar-refractivity contribution in [3.8, 4) is 5.75 Å². The molecule has 0 radical (unpaired) electrons. The highest BCUT2D eigenvalue weighted by atomic mass is 16.6. The fourth-order valence-electron chi connectivity index (χ4n) is 1.62. The normalized spacial score (nSPS) is 14.6. The van der Waals surface area contributed by atoms with E-state index in [0.717, 1.165) is 5.56 Å². The number of phenols is 1. The number of amides is 1. The molecule has 1 aromatic rings. The number of carbonyl (C=O) groups is 1. The minimum Gasteiger partial charge on any atom is -0.508 e. The Labute approximate surface area is 113 Å². The standard InChI is InChI=1S/C14H22N2O3/c1-13(2,3)19-12(18)16-14(4,9-15)10-6-5-7-11(17)8-10/h5-8,17H,9,15H2,1-4H3,(H,16,18). The largest absolute Gasteiger partial charge is 0.508 e. The number of benzene rings is 1. The molecule has 0 saturated carbocycles. The summed E-state index contributed by atoms with van der Waals surface area (Å²) < 4.78 is 5.22. The molecule has 0 aromatic heterocycles. The molecular weight excluding hydrogens is 244 g/mol. The zero-order chi connectivity index (χ0) is 14.7. The summed E-state index contributed by atoms with van der Waals surface area (Å²) in [4.78, 5) is 11.8. The van der Waals surface area contributed by atoms with Gasteiger partial charge in [0.1, 0.15) is 11.4 Å². The zero-order valence-corrected chi connectivity index (χ0v) is 11.9. The number of hydrogen-bond acceptors (Lipinski definition) is 4. The molecule has 1 unspecified atom stereocenters. The lowest BCUT2D eigenvalue weighted by molar-refractivity contribution is 0.0465. The van der Waals surface area contributed by atoms with E-state index in [9.17, 15) is 9.90 Å². The summed E-state index contributed by atoms with van der Waals surface area (Å²) in [5, 5.41) is 12.3. The minimum atomic E-state index is -0.791. The Bertz CT molecular complexity index is 454. The molecule has 1 aromatic carbocycles. The van der Waals surface area contributed by atoms with E-state index in [4.69, 9.17) is 10.5 Å². The summed E-state index contributed by atoms with van der Waals surface area (Å²) in [5.74, 6) is 0.128. The van der Waals surface area contributed by atoms with Gasteiger partial charge in [-0.25, -0.2) is 4.79 Å². The molecule has 19 heavy (non-hydrogen) atoms. The lowest BCUT2D eigenvalue weighted by Crippen LogP contribution is -2.50. The molecular formula is C14H22N2O3. The molecule has 5 nitrogen and oxygen atoms in total. The van der Waals surface area contributed by atoms with Crippen LogP contribution in [0.25, 0.3) is 0 Å². The number of alkyl carbamates (subject to hydrolysis) is 1. The van der Waals surface area contributed by atoms with E-state index < -0.39 is 17.2 Å².